The Morgan fingerprint density at radius 3 is 2.26 bits per heavy atom. The second-order valence-electron chi connectivity index (χ2n) is 13.4. The van der Waals surface area contributed by atoms with Crippen LogP contribution in [0.15, 0.2) is 106 Å². The van der Waals surface area contributed by atoms with Gasteiger partial charge >= 0.3 is 10.6 Å². The van der Waals surface area contributed by atoms with E-state index in [1.54, 1.807) is 18.2 Å². The minimum absolute atomic E-state index is 0.107. The van der Waals surface area contributed by atoms with Gasteiger partial charge in [0, 0.05) is 50.7 Å². The summed E-state index contributed by atoms with van der Waals surface area (Å²) in [6.45, 7) is 0.429. The molecule has 1 saturated carbocycles. The van der Waals surface area contributed by atoms with E-state index in [1.807, 2.05) is 35.9 Å². The Bertz CT molecular complexity index is 2880. The van der Waals surface area contributed by atoms with Crippen molar-refractivity contribution >= 4 is 92.4 Å². The van der Waals surface area contributed by atoms with Crippen molar-refractivity contribution in [1.29, 1.82) is 0 Å². The van der Waals surface area contributed by atoms with Gasteiger partial charge in [-0.1, -0.05) is 66.2 Å². The Morgan fingerprint density at radius 1 is 0.868 bits per heavy atom. The Labute approximate surface area is 312 Å². The molecular formula is C38H34ClN2O9S3+. The minimum atomic E-state index is -4.39. The summed E-state index contributed by atoms with van der Waals surface area (Å²) in [6, 6.07) is 21.0. The van der Waals surface area contributed by atoms with Gasteiger partial charge in [0.2, 0.25) is 11.4 Å². The SMILES string of the molecule is C[N+]1=C(/C=C/C2=C(Cl)C(=C/C=c3/c4cccc5cccc(c54)n3CCCS(=O)(=O)O)/C3CCC2C3)c2cccc3c(S(=O)(=O)O)ccc1c23.O=S(=O)=O. The average molecular weight is 794 g/mol. The summed E-state index contributed by atoms with van der Waals surface area (Å²) >= 11 is 7.27. The maximum atomic E-state index is 12.1. The molecule has 3 aliphatic rings. The Hall–Kier alpha value is -4.44. The van der Waals surface area contributed by atoms with Crippen molar-refractivity contribution < 1.29 is 43.1 Å². The van der Waals surface area contributed by atoms with Crippen LogP contribution in [0.1, 0.15) is 31.2 Å². The highest BCUT2D eigenvalue weighted by Crippen LogP contribution is 2.50. The number of rotatable bonds is 8. The topological polar surface area (TPSA) is 168 Å². The van der Waals surface area contributed by atoms with E-state index in [-0.39, 0.29) is 17.1 Å². The molecule has 11 nitrogen and oxygen atoms in total. The van der Waals surface area contributed by atoms with E-state index in [1.165, 1.54) is 6.07 Å². The van der Waals surface area contributed by atoms with Gasteiger partial charge in [-0.15, -0.1) is 12.6 Å². The van der Waals surface area contributed by atoms with Gasteiger partial charge in [-0.3, -0.25) is 9.11 Å². The van der Waals surface area contributed by atoms with Crippen molar-refractivity contribution in [3.05, 3.63) is 112 Å². The van der Waals surface area contributed by atoms with E-state index in [4.69, 9.17) is 24.2 Å². The maximum absolute atomic E-state index is 12.1. The average Bonchev–Trinajstić information content (AvgIpc) is 3.74. The predicted octanol–water partition coefficient (Wildman–Crippen LogP) is 6.15. The molecule has 4 aromatic carbocycles. The molecule has 53 heavy (non-hydrogen) atoms. The Kier molecular flexibility index (Phi) is 9.81. The van der Waals surface area contributed by atoms with Crippen LogP contribution >= 0.6 is 11.6 Å². The zero-order chi connectivity index (χ0) is 37.8. The molecule has 15 heteroatoms. The van der Waals surface area contributed by atoms with Crippen molar-refractivity contribution in [2.75, 3.05) is 12.8 Å². The van der Waals surface area contributed by atoms with Crippen molar-refractivity contribution in [3.63, 3.8) is 0 Å². The molecule has 0 spiro atoms. The first-order chi connectivity index (χ1) is 25.1. The number of benzene rings is 4. The zero-order valence-corrected chi connectivity index (χ0v) is 31.5. The molecule has 274 valence electrons. The third kappa shape index (κ3) is 7.02. The van der Waals surface area contributed by atoms with Gasteiger partial charge in [0.05, 0.1) is 16.7 Å². The molecule has 0 amide bonds. The van der Waals surface area contributed by atoms with Gasteiger partial charge in [-0.05, 0) is 78.3 Å². The molecule has 2 aliphatic carbocycles. The van der Waals surface area contributed by atoms with E-state index in [2.05, 4.69) is 47.1 Å². The molecule has 1 fully saturated rings. The standard InChI is InChI=1S/C38H33ClN2O6S2.O3S/c1-40-31(28-9-4-10-30-35(49(45,46)47)19-18-33(40)37(28)30)16-14-26-24-12-13-25(22-24)27(38(26)39)15-17-32-29-8-2-6-23-7-3-11-34(36(23)29)41(32)20-5-21-48(42,43)44;1-4(2)3/h2-4,6-11,14-19,24-25H,5,12-13,20-22H2,1H3,(H-,42,43,44,45,46,47);/p+1. The van der Waals surface area contributed by atoms with E-state index in [0.717, 1.165) is 84.8 Å². The number of allylic oxidation sites excluding steroid dienone is 6. The first-order valence-electron chi connectivity index (χ1n) is 16.8. The lowest BCUT2D eigenvalue weighted by atomic mass is 9.84. The van der Waals surface area contributed by atoms with Crippen molar-refractivity contribution in [2.45, 2.75) is 37.1 Å². The summed E-state index contributed by atoms with van der Waals surface area (Å²) in [6.07, 6.45) is 11.7. The molecule has 5 aromatic rings. The fourth-order valence-corrected chi connectivity index (χ4v) is 9.90. The molecule has 1 aromatic heterocycles. The minimum Gasteiger partial charge on any atom is -0.340 e. The highest BCUT2D eigenvalue weighted by atomic mass is 35.5. The first-order valence-corrected chi connectivity index (χ1v) is 21.2. The number of fused-ring (bicyclic) bond motifs is 2. The van der Waals surface area contributed by atoms with Crippen LogP contribution in [0.2, 0.25) is 0 Å². The Morgan fingerprint density at radius 2 is 1.55 bits per heavy atom. The van der Waals surface area contributed by atoms with Gasteiger partial charge < -0.3 is 4.57 Å². The van der Waals surface area contributed by atoms with Crippen LogP contribution in [-0.4, -0.2) is 66.2 Å². The van der Waals surface area contributed by atoms with Crippen LogP contribution in [0.25, 0.3) is 38.5 Å². The number of aryl methyl sites for hydroxylation is 1. The molecule has 2 heterocycles. The fourth-order valence-electron chi connectivity index (χ4n) is 8.28. The lowest BCUT2D eigenvalue weighted by Crippen LogP contribution is -2.18. The summed E-state index contributed by atoms with van der Waals surface area (Å²) in [7, 11) is -9.63. The van der Waals surface area contributed by atoms with Gasteiger partial charge in [0.1, 0.15) is 11.9 Å². The molecular weight excluding hydrogens is 760 g/mol. The van der Waals surface area contributed by atoms with Gasteiger partial charge in [0.15, 0.2) is 0 Å². The predicted molar refractivity (Wildman–Crippen MR) is 205 cm³/mol. The summed E-state index contributed by atoms with van der Waals surface area (Å²) < 4.78 is 96.1. The fraction of sp³-hybridized carbons (Fsp3) is 0.237. The number of nitrogens with zero attached hydrogens (tertiary/aromatic N) is 2. The number of hydrogen-bond acceptors (Lipinski definition) is 7. The monoisotopic (exact) mass is 793 g/mol. The largest absolute Gasteiger partial charge is 0.425 e. The summed E-state index contributed by atoms with van der Waals surface area (Å²) in [5, 5.41) is 6.27. The molecule has 2 bridgehead atoms. The van der Waals surface area contributed by atoms with Crippen LogP contribution in [0.4, 0.5) is 5.69 Å². The van der Waals surface area contributed by atoms with E-state index >= 15 is 0 Å². The van der Waals surface area contributed by atoms with Crippen LogP contribution in [0.3, 0.4) is 0 Å². The third-order valence-electron chi connectivity index (χ3n) is 10.4. The molecule has 8 rings (SSSR count). The number of hydrogen-bond donors (Lipinski definition) is 2. The van der Waals surface area contributed by atoms with Crippen LogP contribution < -0.4 is 5.35 Å². The third-order valence-corrected chi connectivity index (χ3v) is 12.6. The highest BCUT2D eigenvalue weighted by Gasteiger charge is 2.37. The smallest absolute Gasteiger partial charge is 0.340 e. The molecule has 2 N–H and O–H groups in total. The van der Waals surface area contributed by atoms with Crippen LogP contribution in [0, 0.1) is 11.8 Å². The second kappa shape index (κ2) is 14.1. The maximum Gasteiger partial charge on any atom is 0.425 e. The van der Waals surface area contributed by atoms with Gasteiger partial charge in [-0.2, -0.15) is 21.4 Å². The summed E-state index contributed by atoms with van der Waals surface area (Å²) in [5.74, 6) is 0.349. The second-order valence-corrected chi connectivity index (χ2v) is 17.1. The lowest BCUT2D eigenvalue weighted by molar-refractivity contribution is -0.399. The van der Waals surface area contributed by atoms with Crippen LogP contribution in [0.5, 0.6) is 0 Å². The molecule has 2 unspecified atom stereocenters. The van der Waals surface area contributed by atoms with Gasteiger partial charge in [-0.25, -0.2) is 0 Å². The van der Waals surface area contributed by atoms with E-state index in [0.29, 0.717) is 23.8 Å². The lowest BCUT2D eigenvalue weighted by Gasteiger charge is -2.24. The van der Waals surface area contributed by atoms with Gasteiger partial charge in [0.25, 0.3) is 20.2 Å². The highest BCUT2D eigenvalue weighted by molar-refractivity contribution is 7.86. The van der Waals surface area contributed by atoms with Crippen molar-refractivity contribution in [3.8, 4) is 0 Å². The normalized spacial score (nSPS) is 19.8. The summed E-state index contributed by atoms with van der Waals surface area (Å²) in [4.78, 5) is -0.107. The van der Waals surface area contributed by atoms with E-state index in [9.17, 15) is 25.9 Å². The molecule has 2 atom stereocenters. The Balaban J connectivity index is 0.00000104. The first kappa shape index (κ1) is 36.9. The summed E-state index contributed by atoms with van der Waals surface area (Å²) in [5.41, 5.74) is 5.83. The van der Waals surface area contributed by atoms with Crippen molar-refractivity contribution in [2.24, 2.45) is 11.8 Å². The van der Waals surface area contributed by atoms with Crippen molar-refractivity contribution in [1.82, 2.24) is 4.57 Å². The zero-order valence-electron chi connectivity index (χ0n) is 28.3. The van der Waals surface area contributed by atoms with Crippen LogP contribution in [-0.2, 0) is 37.4 Å². The van der Waals surface area contributed by atoms with E-state index < -0.39 is 30.8 Å². The molecule has 0 radical (unpaired) electrons. The number of aromatic nitrogens is 1. The number of halogens is 1. The molecule has 1 aliphatic heterocycles. The quantitative estimate of drug-likeness (QED) is 0.138. The molecule has 0 saturated heterocycles.